The first kappa shape index (κ1) is 11.9. The monoisotopic (exact) mass is 229 g/mol. The van der Waals surface area contributed by atoms with Crippen LogP contribution in [0.1, 0.15) is 36.7 Å². The molecule has 0 aliphatic heterocycles. The van der Waals surface area contributed by atoms with E-state index in [0.717, 1.165) is 23.4 Å². The van der Waals surface area contributed by atoms with Crippen molar-refractivity contribution in [3.8, 4) is 5.69 Å². The van der Waals surface area contributed by atoms with Crippen LogP contribution in [0.3, 0.4) is 0 Å². The molecule has 2 aromatic rings. The fraction of sp³-hybridized carbons (Fsp3) is 0.357. The zero-order valence-electron chi connectivity index (χ0n) is 10.6. The molecule has 0 saturated heterocycles. The van der Waals surface area contributed by atoms with Gasteiger partial charge >= 0.3 is 0 Å². The molecule has 0 aliphatic carbocycles. The molecule has 2 rings (SSSR count). The van der Waals surface area contributed by atoms with Crippen molar-refractivity contribution < 1.29 is 0 Å². The molecule has 3 nitrogen and oxygen atoms in total. The van der Waals surface area contributed by atoms with Gasteiger partial charge in [-0.2, -0.15) is 5.10 Å². The molecule has 1 aromatic heterocycles. The topological polar surface area (TPSA) is 43.8 Å². The zero-order valence-corrected chi connectivity index (χ0v) is 10.6. The van der Waals surface area contributed by atoms with Crippen molar-refractivity contribution in [2.45, 2.75) is 33.2 Å². The van der Waals surface area contributed by atoms with Crippen molar-refractivity contribution in [2.75, 3.05) is 0 Å². The van der Waals surface area contributed by atoms with Crippen molar-refractivity contribution in [3.63, 3.8) is 0 Å². The zero-order chi connectivity index (χ0) is 12.4. The number of aryl methyl sites for hydroxylation is 1. The van der Waals surface area contributed by atoms with E-state index >= 15 is 0 Å². The van der Waals surface area contributed by atoms with Crippen molar-refractivity contribution in [3.05, 3.63) is 47.3 Å². The van der Waals surface area contributed by atoms with Crippen LogP contribution in [0.25, 0.3) is 5.69 Å². The van der Waals surface area contributed by atoms with Crippen molar-refractivity contribution in [1.29, 1.82) is 0 Å². The summed E-state index contributed by atoms with van der Waals surface area (Å²) in [6.07, 6.45) is 2.91. The Labute approximate surface area is 102 Å². The Morgan fingerprint density at radius 2 is 1.94 bits per heavy atom. The number of benzene rings is 1. The van der Waals surface area contributed by atoms with Crippen LogP contribution in [0.2, 0.25) is 0 Å². The van der Waals surface area contributed by atoms with E-state index in [-0.39, 0.29) is 6.04 Å². The summed E-state index contributed by atoms with van der Waals surface area (Å²) < 4.78 is 1.94. The average molecular weight is 229 g/mol. The van der Waals surface area contributed by atoms with Crippen LogP contribution >= 0.6 is 0 Å². The summed E-state index contributed by atoms with van der Waals surface area (Å²) in [7, 11) is 0. The summed E-state index contributed by atoms with van der Waals surface area (Å²) in [4.78, 5) is 0. The lowest BCUT2D eigenvalue weighted by Crippen LogP contribution is -2.07. The van der Waals surface area contributed by atoms with Gasteiger partial charge in [0, 0.05) is 17.3 Å². The molecular weight excluding hydrogens is 210 g/mol. The first-order valence-corrected chi connectivity index (χ1v) is 6.03. The predicted molar refractivity (Wildman–Crippen MR) is 70.3 cm³/mol. The first-order valence-electron chi connectivity index (χ1n) is 6.03. The summed E-state index contributed by atoms with van der Waals surface area (Å²) in [5.41, 5.74) is 10.5. The van der Waals surface area contributed by atoms with Crippen molar-refractivity contribution in [2.24, 2.45) is 5.73 Å². The maximum atomic E-state index is 5.90. The maximum absolute atomic E-state index is 5.90. The Bertz CT molecular complexity index is 495. The molecule has 2 N–H and O–H groups in total. The molecule has 0 fully saturated rings. The fourth-order valence-corrected chi connectivity index (χ4v) is 2.00. The smallest absolute Gasteiger partial charge is 0.0648 e. The van der Waals surface area contributed by atoms with Gasteiger partial charge in [0.1, 0.15) is 0 Å². The third-order valence-corrected chi connectivity index (χ3v) is 3.13. The van der Waals surface area contributed by atoms with Gasteiger partial charge in [0.25, 0.3) is 0 Å². The highest BCUT2D eigenvalue weighted by Gasteiger charge is 2.10. The van der Waals surface area contributed by atoms with Crippen molar-refractivity contribution in [1.82, 2.24) is 9.78 Å². The number of rotatable bonds is 3. The highest BCUT2D eigenvalue weighted by atomic mass is 15.3. The average Bonchev–Trinajstić information content (AvgIpc) is 2.71. The van der Waals surface area contributed by atoms with Crippen LogP contribution in [0, 0.1) is 6.92 Å². The van der Waals surface area contributed by atoms with E-state index in [4.69, 9.17) is 5.73 Å². The molecule has 0 amide bonds. The maximum Gasteiger partial charge on any atom is 0.0648 e. The molecule has 0 radical (unpaired) electrons. The van der Waals surface area contributed by atoms with Gasteiger partial charge < -0.3 is 5.73 Å². The first-order chi connectivity index (χ1) is 8.13. The molecule has 90 valence electrons. The normalized spacial score (nSPS) is 12.7. The van der Waals surface area contributed by atoms with E-state index in [1.807, 2.05) is 17.8 Å². The van der Waals surface area contributed by atoms with Gasteiger partial charge in [-0.25, -0.2) is 4.68 Å². The second-order valence-electron chi connectivity index (χ2n) is 4.41. The lowest BCUT2D eigenvalue weighted by atomic mass is 10.1. The SMILES string of the molecule is CCc1ccc(-n2ncc(C(C)N)c2C)cc1. The molecule has 1 unspecified atom stereocenters. The largest absolute Gasteiger partial charge is 0.324 e. The summed E-state index contributed by atoms with van der Waals surface area (Å²) in [5, 5.41) is 4.40. The van der Waals surface area contributed by atoms with E-state index in [0.29, 0.717) is 0 Å². The van der Waals surface area contributed by atoms with Gasteiger partial charge in [-0.15, -0.1) is 0 Å². The van der Waals surface area contributed by atoms with Gasteiger partial charge in [0.05, 0.1) is 11.9 Å². The molecule has 1 aromatic carbocycles. The Hall–Kier alpha value is -1.61. The highest BCUT2D eigenvalue weighted by Crippen LogP contribution is 2.18. The molecule has 0 aliphatic rings. The predicted octanol–water partition coefficient (Wildman–Crippen LogP) is 2.76. The van der Waals surface area contributed by atoms with Gasteiger partial charge in [0.2, 0.25) is 0 Å². The van der Waals surface area contributed by atoms with E-state index < -0.39 is 0 Å². The van der Waals surface area contributed by atoms with Gasteiger partial charge in [-0.05, 0) is 38.0 Å². The minimum absolute atomic E-state index is 0.0265. The van der Waals surface area contributed by atoms with E-state index in [1.54, 1.807) is 0 Å². The minimum Gasteiger partial charge on any atom is -0.324 e. The minimum atomic E-state index is 0.0265. The number of hydrogen-bond donors (Lipinski definition) is 1. The van der Waals surface area contributed by atoms with Crippen LogP contribution in [0.15, 0.2) is 30.5 Å². The lowest BCUT2D eigenvalue weighted by Gasteiger charge is -2.08. The molecule has 17 heavy (non-hydrogen) atoms. The van der Waals surface area contributed by atoms with Gasteiger partial charge in [-0.1, -0.05) is 19.1 Å². The summed E-state index contributed by atoms with van der Waals surface area (Å²) in [5.74, 6) is 0. The molecule has 0 spiro atoms. The number of hydrogen-bond acceptors (Lipinski definition) is 2. The third kappa shape index (κ3) is 2.24. The molecule has 0 saturated carbocycles. The Balaban J connectivity index is 2.39. The Morgan fingerprint density at radius 3 is 2.41 bits per heavy atom. The quantitative estimate of drug-likeness (QED) is 0.879. The van der Waals surface area contributed by atoms with Crippen LogP contribution < -0.4 is 5.73 Å². The van der Waals surface area contributed by atoms with Crippen LogP contribution in [-0.4, -0.2) is 9.78 Å². The van der Waals surface area contributed by atoms with Crippen molar-refractivity contribution >= 4 is 0 Å². The standard InChI is InChI=1S/C14H19N3/c1-4-12-5-7-13(8-6-12)17-11(3)14(9-16-17)10(2)15/h5-10H,4,15H2,1-3H3. The number of nitrogens with two attached hydrogens (primary N) is 1. The summed E-state index contributed by atoms with van der Waals surface area (Å²) in [6.45, 7) is 6.19. The summed E-state index contributed by atoms with van der Waals surface area (Å²) >= 11 is 0. The van der Waals surface area contributed by atoms with Crippen LogP contribution in [0.5, 0.6) is 0 Å². The highest BCUT2D eigenvalue weighted by molar-refractivity contribution is 5.37. The van der Waals surface area contributed by atoms with E-state index in [2.05, 4.69) is 43.2 Å². The van der Waals surface area contributed by atoms with Gasteiger partial charge in [-0.3, -0.25) is 0 Å². The molecule has 0 bridgehead atoms. The van der Waals surface area contributed by atoms with Crippen LogP contribution in [0.4, 0.5) is 0 Å². The fourth-order valence-electron chi connectivity index (χ4n) is 2.00. The van der Waals surface area contributed by atoms with Crippen LogP contribution in [-0.2, 0) is 6.42 Å². The van der Waals surface area contributed by atoms with Gasteiger partial charge in [0.15, 0.2) is 0 Å². The Kier molecular flexibility index (Phi) is 3.29. The molecular formula is C14H19N3. The third-order valence-electron chi connectivity index (χ3n) is 3.13. The van der Waals surface area contributed by atoms with E-state index in [1.165, 1.54) is 5.56 Å². The molecule has 1 heterocycles. The second kappa shape index (κ2) is 4.72. The number of aromatic nitrogens is 2. The molecule has 3 heteroatoms. The lowest BCUT2D eigenvalue weighted by molar-refractivity contribution is 0.796. The Morgan fingerprint density at radius 1 is 1.29 bits per heavy atom. The van der Waals surface area contributed by atoms with E-state index in [9.17, 15) is 0 Å². The summed E-state index contributed by atoms with van der Waals surface area (Å²) in [6, 6.07) is 8.51. The molecule has 1 atom stereocenters. The number of nitrogens with zero attached hydrogens (tertiary/aromatic N) is 2. The second-order valence-corrected chi connectivity index (χ2v) is 4.41.